The van der Waals surface area contributed by atoms with Gasteiger partial charge in [-0.15, -0.1) is 0 Å². The average Bonchev–Trinajstić information content (AvgIpc) is 3.22. The molecule has 1 rings (SSSR count). The molecule has 11 heteroatoms. The van der Waals surface area contributed by atoms with E-state index in [4.69, 9.17) is 10.8 Å². The Morgan fingerprint density at radius 1 is 1.09 bits per heavy atom. The number of carboxylic acid groups (broad SMARTS) is 2. The lowest BCUT2D eigenvalue weighted by molar-refractivity contribution is -0.144. The second kappa shape index (κ2) is 12.4. The molecule has 1 heterocycles. The maximum Gasteiger partial charge on any atom is 0.326 e. The van der Waals surface area contributed by atoms with Crippen molar-refractivity contribution in [2.24, 2.45) is 17.6 Å². The van der Waals surface area contributed by atoms with Crippen molar-refractivity contribution >= 4 is 29.7 Å². The largest absolute Gasteiger partial charge is 0.481 e. The highest BCUT2D eigenvalue weighted by atomic mass is 16.4. The molecule has 3 amide bonds. The van der Waals surface area contributed by atoms with Crippen LogP contribution in [0.5, 0.6) is 0 Å². The number of amides is 3. The van der Waals surface area contributed by atoms with Gasteiger partial charge in [0.2, 0.25) is 17.7 Å². The number of rotatable bonds is 12. The summed E-state index contributed by atoms with van der Waals surface area (Å²) in [7, 11) is 0. The molecule has 0 spiro atoms. The number of carbonyl (C=O) groups is 5. The standard InChI is InChI=1S/C21H36N4O7/c1-5-12(4)16(22)20(30)25-10-6-7-14(25)18(28)24-17(11(2)3)19(29)23-13(21(31)32)8-9-15(26)27/h11-14,16-17H,5-10,22H2,1-4H3,(H,23,29)(H,24,28)(H,26,27)(H,31,32). The van der Waals surface area contributed by atoms with Gasteiger partial charge >= 0.3 is 11.9 Å². The fourth-order valence-electron chi connectivity index (χ4n) is 3.56. The lowest BCUT2D eigenvalue weighted by Crippen LogP contribution is -2.58. The van der Waals surface area contributed by atoms with Crippen LogP contribution in [0.15, 0.2) is 0 Å². The minimum atomic E-state index is -1.39. The Hall–Kier alpha value is -2.69. The van der Waals surface area contributed by atoms with E-state index in [0.29, 0.717) is 19.4 Å². The molecule has 6 N–H and O–H groups in total. The number of hydrogen-bond acceptors (Lipinski definition) is 6. The fraction of sp³-hybridized carbons (Fsp3) is 0.762. The zero-order valence-corrected chi connectivity index (χ0v) is 19.2. The molecule has 0 aromatic carbocycles. The number of nitrogens with zero attached hydrogens (tertiary/aromatic N) is 1. The molecule has 1 fully saturated rings. The van der Waals surface area contributed by atoms with Crippen molar-refractivity contribution in [2.75, 3.05) is 6.54 Å². The number of likely N-dealkylation sites (tertiary alicyclic amines) is 1. The average molecular weight is 457 g/mol. The van der Waals surface area contributed by atoms with Crippen molar-refractivity contribution in [1.29, 1.82) is 0 Å². The molecule has 1 saturated heterocycles. The third-order valence-corrected chi connectivity index (χ3v) is 5.89. The normalized spacial score (nSPS) is 19.7. The Labute approximate surface area is 188 Å². The van der Waals surface area contributed by atoms with Crippen molar-refractivity contribution in [2.45, 2.75) is 84.0 Å². The number of carbonyl (C=O) groups excluding carboxylic acids is 3. The number of nitrogens with two attached hydrogens (primary N) is 1. The summed E-state index contributed by atoms with van der Waals surface area (Å²) in [6, 6.07) is -3.91. The summed E-state index contributed by atoms with van der Waals surface area (Å²) in [6.07, 6.45) is 1.08. The predicted molar refractivity (Wildman–Crippen MR) is 115 cm³/mol. The Morgan fingerprint density at radius 2 is 1.72 bits per heavy atom. The van der Waals surface area contributed by atoms with Gasteiger partial charge in [0.15, 0.2) is 0 Å². The first kappa shape index (κ1) is 27.3. The van der Waals surface area contributed by atoms with E-state index >= 15 is 0 Å². The van der Waals surface area contributed by atoms with Crippen LogP contribution in [-0.4, -0.2) is 75.5 Å². The SMILES string of the molecule is CCC(C)C(N)C(=O)N1CCCC1C(=O)NC(C(=O)NC(CCC(=O)O)C(=O)O)C(C)C. The highest BCUT2D eigenvalue weighted by Crippen LogP contribution is 2.21. The van der Waals surface area contributed by atoms with E-state index in [1.54, 1.807) is 13.8 Å². The number of nitrogens with one attached hydrogen (secondary N) is 2. The second-order valence-electron chi connectivity index (χ2n) is 8.66. The molecule has 5 atom stereocenters. The second-order valence-corrected chi connectivity index (χ2v) is 8.66. The van der Waals surface area contributed by atoms with Crippen LogP contribution in [0, 0.1) is 11.8 Å². The number of aliphatic carboxylic acids is 2. The zero-order chi connectivity index (χ0) is 24.6. The summed E-state index contributed by atoms with van der Waals surface area (Å²) in [5.74, 6) is -4.49. The molecule has 182 valence electrons. The summed E-state index contributed by atoms with van der Waals surface area (Å²) >= 11 is 0. The highest BCUT2D eigenvalue weighted by Gasteiger charge is 2.39. The molecular weight excluding hydrogens is 420 g/mol. The molecule has 1 aliphatic rings. The fourth-order valence-corrected chi connectivity index (χ4v) is 3.56. The Balaban J connectivity index is 2.88. The summed E-state index contributed by atoms with van der Waals surface area (Å²) in [6.45, 7) is 7.58. The van der Waals surface area contributed by atoms with Gasteiger partial charge in [0.05, 0.1) is 6.04 Å². The van der Waals surface area contributed by atoms with E-state index < -0.39 is 54.3 Å². The van der Waals surface area contributed by atoms with E-state index in [1.807, 2.05) is 13.8 Å². The van der Waals surface area contributed by atoms with Gasteiger partial charge in [0.25, 0.3) is 0 Å². The van der Waals surface area contributed by atoms with Crippen LogP contribution < -0.4 is 16.4 Å². The first-order valence-corrected chi connectivity index (χ1v) is 11.0. The lowest BCUT2D eigenvalue weighted by Gasteiger charge is -2.30. The lowest BCUT2D eigenvalue weighted by atomic mass is 9.98. The maximum atomic E-state index is 13.0. The molecule has 0 aromatic heterocycles. The van der Waals surface area contributed by atoms with Gasteiger partial charge < -0.3 is 31.5 Å². The van der Waals surface area contributed by atoms with Crippen LogP contribution in [0.3, 0.4) is 0 Å². The van der Waals surface area contributed by atoms with Gasteiger partial charge in [-0.05, 0) is 31.1 Å². The van der Waals surface area contributed by atoms with Gasteiger partial charge in [0.1, 0.15) is 18.1 Å². The molecule has 0 aliphatic carbocycles. The molecule has 32 heavy (non-hydrogen) atoms. The van der Waals surface area contributed by atoms with Crippen LogP contribution in [0.25, 0.3) is 0 Å². The number of hydrogen-bond donors (Lipinski definition) is 5. The van der Waals surface area contributed by atoms with E-state index in [9.17, 15) is 29.1 Å². The van der Waals surface area contributed by atoms with Gasteiger partial charge in [-0.2, -0.15) is 0 Å². The molecule has 1 aliphatic heterocycles. The minimum Gasteiger partial charge on any atom is -0.481 e. The van der Waals surface area contributed by atoms with Crippen molar-refractivity contribution in [1.82, 2.24) is 15.5 Å². The molecule has 0 saturated carbocycles. The molecular formula is C21H36N4O7. The Bertz CT molecular complexity index is 712. The number of carboxylic acids is 2. The summed E-state index contributed by atoms with van der Waals surface area (Å²) in [4.78, 5) is 62.0. The third kappa shape index (κ3) is 7.47. The van der Waals surface area contributed by atoms with Crippen molar-refractivity contribution in [3.8, 4) is 0 Å². The van der Waals surface area contributed by atoms with Crippen molar-refractivity contribution in [3.05, 3.63) is 0 Å². The van der Waals surface area contributed by atoms with Crippen molar-refractivity contribution < 1.29 is 34.2 Å². The van der Waals surface area contributed by atoms with Crippen molar-refractivity contribution in [3.63, 3.8) is 0 Å². The molecule has 0 aromatic rings. The van der Waals surface area contributed by atoms with E-state index in [-0.39, 0.29) is 24.2 Å². The first-order valence-electron chi connectivity index (χ1n) is 11.0. The van der Waals surface area contributed by atoms with E-state index in [0.717, 1.165) is 6.42 Å². The molecule has 0 radical (unpaired) electrons. The quantitative estimate of drug-likeness (QED) is 0.270. The van der Waals surface area contributed by atoms with E-state index in [2.05, 4.69) is 10.6 Å². The summed E-state index contributed by atoms with van der Waals surface area (Å²) in [5.41, 5.74) is 6.06. The first-order chi connectivity index (χ1) is 14.9. The van der Waals surface area contributed by atoms with Gasteiger partial charge in [-0.3, -0.25) is 19.2 Å². The van der Waals surface area contributed by atoms with Gasteiger partial charge in [-0.25, -0.2) is 4.79 Å². The summed E-state index contributed by atoms with van der Waals surface area (Å²) < 4.78 is 0. The van der Waals surface area contributed by atoms with Gasteiger partial charge in [0, 0.05) is 13.0 Å². The van der Waals surface area contributed by atoms with Crippen LogP contribution in [0.2, 0.25) is 0 Å². The minimum absolute atomic E-state index is 0.0419. The maximum absolute atomic E-state index is 13.0. The molecule has 11 nitrogen and oxygen atoms in total. The third-order valence-electron chi connectivity index (χ3n) is 5.89. The molecule has 5 unspecified atom stereocenters. The van der Waals surface area contributed by atoms with Crippen LogP contribution >= 0.6 is 0 Å². The monoisotopic (exact) mass is 456 g/mol. The zero-order valence-electron chi connectivity index (χ0n) is 19.2. The van der Waals surface area contributed by atoms with Crippen LogP contribution in [0.1, 0.15) is 59.8 Å². The summed E-state index contributed by atoms with van der Waals surface area (Å²) in [5, 5.41) is 23.0. The topological polar surface area (TPSA) is 179 Å². The highest BCUT2D eigenvalue weighted by molar-refractivity contribution is 5.94. The van der Waals surface area contributed by atoms with Crippen LogP contribution in [-0.2, 0) is 24.0 Å². The Morgan fingerprint density at radius 3 is 2.22 bits per heavy atom. The Kier molecular flexibility index (Phi) is 10.6. The predicted octanol–water partition coefficient (Wildman–Crippen LogP) is -0.0742. The van der Waals surface area contributed by atoms with E-state index in [1.165, 1.54) is 4.90 Å². The van der Waals surface area contributed by atoms with Crippen LogP contribution in [0.4, 0.5) is 0 Å². The smallest absolute Gasteiger partial charge is 0.326 e. The molecule has 0 bridgehead atoms. The van der Waals surface area contributed by atoms with Gasteiger partial charge in [-0.1, -0.05) is 34.1 Å².